The van der Waals surface area contributed by atoms with E-state index < -0.39 is 0 Å². The third-order valence-corrected chi connectivity index (χ3v) is 4.54. The van der Waals surface area contributed by atoms with Gasteiger partial charge in [0.25, 0.3) is 0 Å². The van der Waals surface area contributed by atoms with E-state index in [1.807, 2.05) is 25.1 Å². The van der Waals surface area contributed by atoms with Gasteiger partial charge in [-0.1, -0.05) is 25.0 Å². The second-order valence-electron chi connectivity index (χ2n) is 5.96. The van der Waals surface area contributed by atoms with Crippen LogP contribution in [0.4, 0.5) is 5.69 Å². The van der Waals surface area contributed by atoms with Gasteiger partial charge < -0.3 is 15.2 Å². The van der Waals surface area contributed by atoms with Crippen LogP contribution in [0.25, 0.3) is 0 Å². The van der Waals surface area contributed by atoms with Crippen molar-refractivity contribution in [3.63, 3.8) is 0 Å². The van der Waals surface area contributed by atoms with Crippen LogP contribution in [0.3, 0.4) is 0 Å². The van der Waals surface area contributed by atoms with E-state index in [0.29, 0.717) is 0 Å². The van der Waals surface area contributed by atoms with Gasteiger partial charge in [0.2, 0.25) is 0 Å². The SMILES string of the molecule is Cc1cccc(OC2CCOC3(CCCC3)C2)c1N. The molecular formula is C16H23NO2. The van der Waals surface area contributed by atoms with E-state index in [-0.39, 0.29) is 11.7 Å². The van der Waals surface area contributed by atoms with Crippen molar-refractivity contribution in [3.05, 3.63) is 23.8 Å². The van der Waals surface area contributed by atoms with Crippen LogP contribution in [-0.2, 0) is 4.74 Å². The van der Waals surface area contributed by atoms with Gasteiger partial charge in [-0.25, -0.2) is 0 Å². The molecule has 19 heavy (non-hydrogen) atoms. The van der Waals surface area contributed by atoms with E-state index in [1.54, 1.807) is 0 Å². The lowest BCUT2D eigenvalue weighted by Gasteiger charge is -2.38. The summed E-state index contributed by atoms with van der Waals surface area (Å²) in [5.41, 5.74) is 8.04. The Morgan fingerprint density at radius 3 is 2.89 bits per heavy atom. The molecule has 0 radical (unpaired) electrons. The molecule has 1 saturated carbocycles. The fourth-order valence-electron chi connectivity index (χ4n) is 3.39. The zero-order valence-corrected chi connectivity index (χ0v) is 11.7. The monoisotopic (exact) mass is 261 g/mol. The number of hydrogen-bond acceptors (Lipinski definition) is 3. The van der Waals surface area contributed by atoms with Crippen LogP contribution in [0.1, 0.15) is 44.1 Å². The minimum atomic E-state index is 0.0987. The summed E-state index contributed by atoms with van der Waals surface area (Å²) >= 11 is 0. The maximum atomic E-state index is 6.15. The number of nitrogen functional groups attached to an aromatic ring is 1. The van der Waals surface area contributed by atoms with Crippen molar-refractivity contribution in [2.45, 2.75) is 57.2 Å². The summed E-state index contributed by atoms with van der Waals surface area (Å²) in [5, 5.41) is 0. The first-order valence-electron chi connectivity index (χ1n) is 7.34. The van der Waals surface area contributed by atoms with E-state index in [4.69, 9.17) is 15.2 Å². The molecular weight excluding hydrogens is 238 g/mol. The lowest BCUT2D eigenvalue weighted by Crippen LogP contribution is -2.41. The lowest BCUT2D eigenvalue weighted by molar-refractivity contribution is -0.108. The van der Waals surface area contributed by atoms with Crippen LogP contribution in [0.15, 0.2) is 18.2 Å². The first-order chi connectivity index (χ1) is 9.19. The maximum Gasteiger partial charge on any atom is 0.142 e. The number of aryl methyl sites for hydroxylation is 1. The fourth-order valence-corrected chi connectivity index (χ4v) is 3.39. The highest BCUT2D eigenvalue weighted by molar-refractivity contribution is 5.57. The molecule has 1 heterocycles. The Labute approximate surface area is 115 Å². The van der Waals surface area contributed by atoms with Crippen LogP contribution in [0.2, 0.25) is 0 Å². The van der Waals surface area contributed by atoms with Crippen LogP contribution < -0.4 is 10.5 Å². The zero-order valence-electron chi connectivity index (χ0n) is 11.7. The Hall–Kier alpha value is -1.22. The van der Waals surface area contributed by atoms with E-state index in [1.165, 1.54) is 25.7 Å². The molecule has 1 aromatic rings. The summed E-state index contributed by atoms with van der Waals surface area (Å²) < 4.78 is 12.2. The van der Waals surface area contributed by atoms with E-state index in [9.17, 15) is 0 Å². The van der Waals surface area contributed by atoms with Gasteiger partial charge in [0, 0.05) is 12.8 Å². The van der Waals surface area contributed by atoms with Crippen LogP contribution >= 0.6 is 0 Å². The molecule has 2 fully saturated rings. The Bertz CT molecular complexity index is 452. The third-order valence-electron chi connectivity index (χ3n) is 4.54. The predicted octanol–water partition coefficient (Wildman–Crippen LogP) is 3.45. The van der Waals surface area contributed by atoms with Crippen LogP contribution in [-0.4, -0.2) is 18.3 Å². The Balaban J connectivity index is 1.71. The molecule has 1 aliphatic carbocycles. The van der Waals surface area contributed by atoms with Crippen molar-refractivity contribution >= 4 is 5.69 Å². The standard InChI is InChI=1S/C16H23NO2/c1-12-5-4-6-14(15(12)17)19-13-7-10-18-16(11-13)8-2-3-9-16/h4-6,13H,2-3,7-11,17H2,1H3. The molecule has 1 spiro atoms. The van der Waals surface area contributed by atoms with Crippen molar-refractivity contribution in [2.75, 3.05) is 12.3 Å². The van der Waals surface area contributed by atoms with Crippen molar-refractivity contribution in [2.24, 2.45) is 0 Å². The summed E-state index contributed by atoms with van der Waals surface area (Å²) in [7, 11) is 0. The summed E-state index contributed by atoms with van der Waals surface area (Å²) in [6.07, 6.45) is 7.19. The third kappa shape index (κ3) is 2.57. The molecule has 1 atom stereocenters. The molecule has 3 nitrogen and oxygen atoms in total. The minimum Gasteiger partial charge on any atom is -0.488 e. The largest absolute Gasteiger partial charge is 0.488 e. The number of anilines is 1. The first-order valence-corrected chi connectivity index (χ1v) is 7.34. The molecule has 1 saturated heterocycles. The predicted molar refractivity (Wildman–Crippen MR) is 76.4 cm³/mol. The Morgan fingerprint density at radius 1 is 1.32 bits per heavy atom. The molecule has 0 amide bonds. The lowest BCUT2D eigenvalue weighted by atomic mass is 9.90. The molecule has 3 heteroatoms. The molecule has 2 N–H and O–H groups in total. The molecule has 3 rings (SSSR count). The fraction of sp³-hybridized carbons (Fsp3) is 0.625. The average molecular weight is 261 g/mol. The molecule has 0 bridgehead atoms. The minimum absolute atomic E-state index is 0.0987. The summed E-state index contributed by atoms with van der Waals surface area (Å²) in [6, 6.07) is 6.00. The molecule has 1 unspecified atom stereocenters. The van der Waals surface area contributed by atoms with Crippen LogP contribution in [0, 0.1) is 6.92 Å². The van der Waals surface area contributed by atoms with Crippen molar-refractivity contribution < 1.29 is 9.47 Å². The molecule has 1 aromatic carbocycles. The maximum absolute atomic E-state index is 6.15. The Kier molecular flexibility index (Phi) is 3.40. The van der Waals surface area contributed by atoms with E-state index in [2.05, 4.69) is 0 Å². The van der Waals surface area contributed by atoms with Crippen molar-refractivity contribution in [3.8, 4) is 5.75 Å². The quantitative estimate of drug-likeness (QED) is 0.829. The number of benzene rings is 1. The van der Waals surface area contributed by atoms with Crippen LogP contribution in [0.5, 0.6) is 5.75 Å². The van der Waals surface area contributed by atoms with E-state index >= 15 is 0 Å². The van der Waals surface area contributed by atoms with Crippen molar-refractivity contribution in [1.29, 1.82) is 0 Å². The number of hydrogen-bond donors (Lipinski definition) is 1. The van der Waals surface area contributed by atoms with Gasteiger partial charge >= 0.3 is 0 Å². The highest BCUT2D eigenvalue weighted by Gasteiger charge is 2.40. The Morgan fingerprint density at radius 2 is 2.11 bits per heavy atom. The smallest absolute Gasteiger partial charge is 0.142 e. The highest BCUT2D eigenvalue weighted by atomic mass is 16.5. The van der Waals surface area contributed by atoms with Gasteiger partial charge in [-0.2, -0.15) is 0 Å². The van der Waals surface area contributed by atoms with Gasteiger partial charge in [0.15, 0.2) is 0 Å². The molecule has 2 aliphatic rings. The molecule has 1 aliphatic heterocycles. The number of rotatable bonds is 2. The molecule has 104 valence electrons. The van der Waals surface area contributed by atoms with Gasteiger partial charge in [0.1, 0.15) is 11.9 Å². The summed E-state index contributed by atoms with van der Waals surface area (Å²) in [5.74, 6) is 0.833. The first kappa shape index (κ1) is 12.8. The van der Waals surface area contributed by atoms with Gasteiger partial charge in [-0.15, -0.1) is 0 Å². The van der Waals surface area contributed by atoms with Gasteiger partial charge in [0.05, 0.1) is 17.9 Å². The van der Waals surface area contributed by atoms with Gasteiger partial charge in [-0.05, 0) is 31.4 Å². The van der Waals surface area contributed by atoms with Crippen molar-refractivity contribution in [1.82, 2.24) is 0 Å². The number of para-hydroxylation sites is 1. The summed E-state index contributed by atoms with van der Waals surface area (Å²) in [6.45, 7) is 2.83. The second kappa shape index (κ2) is 5.04. The molecule has 0 aromatic heterocycles. The summed E-state index contributed by atoms with van der Waals surface area (Å²) in [4.78, 5) is 0. The highest BCUT2D eigenvalue weighted by Crippen LogP contribution is 2.41. The normalized spacial score (nSPS) is 25.6. The van der Waals surface area contributed by atoms with E-state index in [0.717, 1.165) is 36.4 Å². The number of ether oxygens (including phenoxy) is 2. The average Bonchev–Trinajstić information content (AvgIpc) is 2.83. The van der Waals surface area contributed by atoms with Gasteiger partial charge in [-0.3, -0.25) is 0 Å². The second-order valence-corrected chi connectivity index (χ2v) is 5.96. The topological polar surface area (TPSA) is 44.5 Å². The zero-order chi connectivity index (χ0) is 13.3. The number of nitrogens with two attached hydrogens (primary N) is 1.